The molecule has 78 valence electrons. The van der Waals surface area contributed by atoms with Gasteiger partial charge in [-0.1, -0.05) is 6.42 Å². The van der Waals surface area contributed by atoms with Gasteiger partial charge in [-0.05, 0) is 37.4 Å². The smallest absolute Gasteiger partial charge is 0.0179 e. The van der Waals surface area contributed by atoms with E-state index in [1.165, 1.54) is 49.5 Å². The number of piperidine rings is 1. The third kappa shape index (κ3) is 3.30. The van der Waals surface area contributed by atoms with Crippen molar-refractivity contribution in [1.82, 2.24) is 4.90 Å². The third-order valence-corrected chi connectivity index (χ3v) is 4.43. The predicted molar refractivity (Wildman–Crippen MR) is 65.3 cm³/mol. The van der Waals surface area contributed by atoms with Gasteiger partial charge >= 0.3 is 0 Å². The van der Waals surface area contributed by atoms with E-state index in [9.17, 15) is 0 Å². The van der Waals surface area contributed by atoms with Crippen molar-refractivity contribution in [2.75, 3.05) is 25.4 Å². The first-order chi connectivity index (χ1) is 6.95. The summed E-state index contributed by atoms with van der Waals surface area (Å²) in [5.74, 6) is 1.25. The van der Waals surface area contributed by atoms with Crippen LogP contribution in [0.1, 0.15) is 19.3 Å². The molecule has 1 saturated heterocycles. The van der Waals surface area contributed by atoms with E-state index in [4.69, 9.17) is 0 Å². The molecule has 0 radical (unpaired) electrons. The molecular weight excluding hydrogens is 210 g/mol. The maximum Gasteiger partial charge on any atom is 0.0179 e. The van der Waals surface area contributed by atoms with Crippen LogP contribution in [0.3, 0.4) is 0 Å². The Morgan fingerprint density at radius 2 is 2.14 bits per heavy atom. The van der Waals surface area contributed by atoms with E-state index in [2.05, 4.69) is 21.7 Å². The van der Waals surface area contributed by atoms with Gasteiger partial charge in [0, 0.05) is 22.6 Å². The summed E-state index contributed by atoms with van der Waals surface area (Å²) in [6.07, 6.45) is 4.25. The molecule has 0 spiro atoms. The van der Waals surface area contributed by atoms with Crippen LogP contribution >= 0.6 is 23.1 Å². The van der Waals surface area contributed by atoms with Gasteiger partial charge in [-0.15, -0.1) is 11.8 Å². The quantitative estimate of drug-likeness (QED) is 0.726. The van der Waals surface area contributed by atoms with Crippen molar-refractivity contribution in [2.45, 2.75) is 24.2 Å². The summed E-state index contributed by atoms with van der Waals surface area (Å²) >= 11 is 3.78. The molecule has 0 unspecified atom stereocenters. The molecule has 1 fully saturated rings. The summed E-state index contributed by atoms with van der Waals surface area (Å²) in [6.45, 7) is 3.91. The van der Waals surface area contributed by atoms with Gasteiger partial charge in [0.15, 0.2) is 0 Å². The van der Waals surface area contributed by atoms with Crippen LogP contribution in [0, 0.1) is 0 Å². The molecule has 3 heteroatoms. The fraction of sp³-hybridized carbons (Fsp3) is 0.636. The van der Waals surface area contributed by atoms with Gasteiger partial charge in [0.2, 0.25) is 0 Å². The van der Waals surface area contributed by atoms with Gasteiger partial charge in [-0.3, -0.25) is 0 Å². The minimum absolute atomic E-state index is 1.25. The molecule has 0 bridgehead atoms. The topological polar surface area (TPSA) is 3.24 Å². The van der Waals surface area contributed by atoms with Crippen LogP contribution in [0.4, 0.5) is 0 Å². The number of thiophene rings is 1. The van der Waals surface area contributed by atoms with E-state index >= 15 is 0 Å². The van der Waals surface area contributed by atoms with Crippen LogP contribution in [0.2, 0.25) is 0 Å². The monoisotopic (exact) mass is 227 g/mol. The summed E-state index contributed by atoms with van der Waals surface area (Å²) < 4.78 is 0. The van der Waals surface area contributed by atoms with E-state index in [0.29, 0.717) is 0 Å². The van der Waals surface area contributed by atoms with Crippen molar-refractivity contribution in [3.8, 4) is 0 Å². The number of nitrogens with zero attached hydrogens (tertiary/aromatic N) is 1. The second-order valence-electron chi connectivity index (χ2n) is 3.71. The fourth-order valence-corrected chi connectivity index (χ4v) is 3.60. The van der Waals surface area contributed by atoms with Crippen molar-refractivity contribution in [2.24, 2.45) is 0 Å². The minimum atomic E-state index is 1.25. The van der Waals surface area contributed by atoms with Gasteiger partial charge in [-0.25, -0.2) is 0 Å². The second-order valence-corrected chi connectivity index (χ2v) is 5.66. The van der Waals surface area contributed by atoms with E-state index in [1.54, 1.807) is 11.3 Å². The van der Waals surface area contributed by atoms with E-state index < -0.39 is 0 Å². The molecular formula is C11H17NS2. The Morgan fingerprint density at radius 1 is 1.29 bits per heavy atom. The summed E-state index contributed by atoms with van der Waals surface area (Å²) in [6, 6.07) is 2.21. The molecule has 0 aliphatic carbocycles. The largest absolute Gasteiger partial charge is 0.303 e. The standard InChI is InChI=1S/C11H17NS2/c1-2-5-12(6-3-1)7-9-14-11-4-8-13-10-11/h4,8,10H,1-3,5-7,9H2. The van der Waals surface area contributed by atoms with E-state index in [-0.39, 0.29) is 0 Å². The van der Waals surface area contributed by atoms with Crippen LogP contribution in [-0.4, -0.2) is 30.3 Å². The first-order valence-electron chi connectivity index (χ1n) is 5.32. The molecule has 2 rings (SSSR count). The van der Waals surface area contributed by atoms with Gasteiger partial charge in [0.05, 0.1) is 0 Å². The maximum absolute atomic E-state index is 2.60. The molecule has 1 nitrogen and oxygen atoms in total. The number of hydrogen-bond donors (Lipinski definition) is 0. The Balaban J connectivity index is 1.62. The molecule has 1 aliphatic rings. The Hall–Kier alpha value is 0.01000. The molecule has 0 aromatic carbocycles. The van der Waals surface area contributed by atoms with Crippen molar-refractivity contribution < 1.29 is 0 Å². The number of rotatable bonds is 4. The van der Waals surface area contributed by atoms with Crippen LogP contribution in [0.25, 0.3) is 0 Å². The van der Waals surface area contributed by atoms with Crippen LogP contribution in [0.5, 0.6) is 0 Å². The SMILES string of the molecule is c1cc(SCCN2CCCCC2)cs1. The second kappa shape index (κ2) is 5.79. The summed E-state index contributed by atoms with van der Waals surface area (Å²) in [5, 5.41) is 4.39. The zero-order chi connectivity index (χ0) is 9.64. The molecule has 1 aromatic rings. The van der Waals surface area contributed by atoms with Crippen molar-refractivity contribution >= 4 is 23.1 Å². The van der Waals surface area contributed by atoms with Crippen LogP contribution < -0.4 is 0 Å². The lowest BCUT2D eigenvalue weighted by Gasteiger charge is -2.25. The van der Waals surface area contributed by atoms with Gasteiger partial charge in [-0.2, -0.15) is 11.3 Å². The highest BCUT2D eigenvalue weighted by Crippen LogP contribution is 2.21. The normalized spacial score (nSPS) is 18.6. The lowest BCUT2D eigenvalue weighted by atomic mass is 10.1. The van der Waals surface area contributed by atoms with E-state index in [0.717, 1.165) is 0 Å². The van der Waals surface area contributed by atoms with Crippen LogP contribution in [0.15, 0.2) is 21.7 Å². The van der Waals surface area contributed by atoms with Crippen molar-refractivity contribution in [3.05, 3.63) is 16.8 Å². The molecule has 1 aliphatic heterocycles. The highest BCUT2D eigenvalue weighted by atomic mass is 32.2. The van der Waals surface area contributed by atoms with Gasteiger partial charge < -0.3 is 4.90 Å². The third-order valence-electron chi connectivity index (χ3n) is 2.62. The first kappa shape index (κ1) is 10.5. The maximum atomic E-state index is 2.60. The zero-order valence-corrected chi connectivity index (χ0v) is 10.1. The highest BCUT2D eigenvalue weighted by molar-refractivity contribution is 7.99. The molecule has 0 atom stereocenters. The van der Waals surface area contributed by atoms with Gasteiger partial charge in [0.1, 0.15) is 0 Å². The first-order valence-corrected chi connectivity index (χ1v) is 7.25. The lowest BCUT2D eigenvalue weighted by Crippen LogP contribution is -2.31. The number of hydrogen-bond acceptors (Lipinski definition) is 3. The molecule has 0 N–H and O–H groups in total. The Bertz CT molecular complexity index is 240. The fourth-order valence-electron chi connectivity index (χ4n) is 1.81. The Labute approximate surface area is 94.5 Å². The molecule has 0 saturated carbocycles. The number of likely N-dealkylation sites (tertiary alicyclic amines) is 1. The van der Waals surface area contributed by atoms with Crippen molar-refractivity contribution in [3.63, 3.8) is 0 Å². The highest BCUT2D eigenvalue weighted by Gasteiger charge is 2.08. The Kier molecular flexibility index (Phi) is 4.35. The summed E-state index contributed by atoms with van der Waals surface area (Å²) in [4.78, 5) is 4.04. The molecule has 0 amide bonds. The summed E-state index contributed by atoms with van der Waals surface area (Å²) in [5.41, 5.74) is 0. The summed E-state index contributed by atoms with van der Waals surface area (Å²) in [7, 11) is 0. The predicted octanol–water partition coefficient (Wildman–Crippen LogP) is 3.33. The minimum Gasteiger partial charge on any atom is -0.303 e. The Morgan fingerprint density at radius 3 is 2.86 bits per heavy atom. The molecule has 14 heavy (non-hydrogen) atoms. The zero-order valence-electron chi connectivity index (χ0n) is 8.45. The average Bonchev–Trinajstić information content (AvgIpc) is 2.72. The average molecular weight is 227 g/mol. The molecule has 1 aromatic heterocycles. The van der Waals surface area contributed by atoms with Gasteiger partial charge in [0.25, 0.3) is 0 Å². The van der Waals surface area contributed by atoms with Crippen molar-refractivity contribution in [1.29, 1.82) is 0 Å². The van der Waals surface area contributed by atoms with E-state index in [1.807, 2.05) is 11.8 Å². The molecule has 2 heterocycles. The lowest BCUT2D eigenvalue weighted by molar-refractivity contribution is 0.242. The number of thioether (sulfide) groups is 1. The van der Waals surface area contributed by atoms with Crippen LogP contribution in [-0.2, 0) is 0 Å².